The molecule has 2 atom stereocenters. The summed E-state index contributed by atoms with van der Waals surface area (Å²) >= 11 is 1.80. The van der Waals surface area contributed by atoms with E-state index in [0.29, 0.717) is 6.54 Å². The van der Waals surface area contributed by atoms with Crippen LogP contribution in [0.3, 0.4) is 0 Å². The van der Waals surface area contributed by atoms with Crippen molar-refractivity contribution in [2.45, 2.75) is 33.2 Å². The summed E-state index contributed by atoms with van der Waals surface area (Å²) in [5, 5.41) is 2.68. The fourth-order valence-electron chi connectivity index (χ4n) is 2.03. The number of amides is 2. The number of carbonyl (C=O) groups excluding carboxylic acids is 2. The molecule has 1 rings (SSSR count). The number of thioether (sulfide) groups is 1. The van der Waals surface area contributed by atoms with Crippen LogP contribution in [0.4, 0.5) is 0 Å². The third-order valence-electron chi connectivity index (χ3n) is 3.20. The van der Waals surface area contributed by atoms with Crippen LogP contribution >= 0.6 is 11.8 Å². The van der Waals surface area contributed by atoms with Gasteiger partial charge in [0, 0.05) is 12.3 Å². The van der Waals surface area contributed by atoms with Crippen molar-refractivity contribution in [3.8, 4) is 0 Å². The maximum Gasteiger partial charge on any atom is 0.243 e. The highest BCUT2D eigenvalue weighted by Crippen LogP contribution is 2.18. The van der Waals surface area contributed by atoms with E-state index in [-0.39, 0.29) is 30.3 Å². The van der Waals surface area contributed by atoms with Gasteiger partial charge in [-0.2, -0.15) is 11.8 Å². The van der Waals surface area contributed by atoms with Crippen LogP contribution in [0, 0.1) is 5.92 Å². The number of nitrogens with one attached hydrogen (secondary N) is 1. The molecule has 1 N–H and O–H groups in total. The van der Waals surface area contributed by atoms with Gasteiger partial charge in [0.1, 0.15) is 6.04 Å². The third kappa shape index (κ3) is 3.63. The Labute approximate surface area is 108 Å². The summed E-state index contributed by atoms with van der Waals surface area (Å²) in [5.74, 6) is 2.21. The number of carbonyl (C=O) groups is 2. The molecule has 1 heterocycles. The first kappa shape index (κ1) is 14.4. The van der Waals surface area contributed by atoms with Crippen molar-refractivity contribution in [1.29, 1.82) is 0 Å². The lowest BCUT2D eigenvalue weighted by molar-refractivity contribution is -0.147. The molecular weight excluding hydrogens is 236 g/mol. The smallest absolute Gasteiger partial charge is 0.243 e. The summed E-state index contributed by atoms with van der Waals surface area (Å²) < 4.78 is 0. The van der Waals surface area contributed by atoms with E-state index >= 15 is 0 Å². The van der Waals surface area contributed by atoms with Gasteiger partial charge in [-0.05, 0) is 11.7 Å². The lowest BCUT2D eigenvalue weighted by Gasteiger charge is -2.38. The molecule has 2 unspecified atom stereocenters. The minimum atomic E-state index is -0.279. The van der Waals surface area contributed by atoms with E-state index in [9.17, 15) is 9.59 Å². The SMILES string of the molecule is CCSCCN1C(=O)CNC(=O)C1C(C)CC. The molecule has 17 heavy (non-hydrogen) atoms. The van der Waals surface area contributed by atoms with Crippen LogP contribution in [0.2, 0.25) is 0 Å². The van der Waals surface area contributed by atoms with E-state index in [1.54, 1.807) is 16.7 Å². The molecule has 0 aliphatic carbocycles. The molecule has 1 saturated heterocycles. The molecule has 0 aromatic carbocycles. The van der Waals surface area contributed by atoms with Gasteiger partial charge in [-0.15, -0.1) is 0 Å². The number of hydrogen-bond acceptors (Lipinski definition) is 3. The maximum absolute atomic E-state index is 11.9. The lowest BCUT2D eigenvalue weighted by Crippen LogP contribution is -2.61. The predicted molar refractivity (Wildman–Crippen MR) is 71.0 cm³/mol. The molecule has 98 valence electrons. The van der Waals surface area contributed by atoms with Gasteiger partial charge in [0.2, 0.25) is 11.8 Å². The Morgan fingerprint density at radius 2 is 2.18 bits per heavy atom. The standard InChI is InChI=1S/C12H22N2O2S/c1-4-9(3)11-12(16)13-8-10(15)14(11)6-7-17-5-2/h9,11H,4-8H2,1-3H3,(H,13,16). The first-order valence-electron chi connectivity index (χ1n) is 6.26. The Balaban J connectivity index is 2.69. The number of piperazine rings is 1. The van der Waals surface area contributed by atoms with Crippen molar-refractivity contribution < 1.29 is 9.59 Å². The van der Waals surface area contributed by atoms with Gasteiger partial charge >= 0.3 is 0 Å². The first-order valence-corrected chi connectivity index (χ1v) is 7.42. The van der Waals surface area contributed by atoms with Crippen molar-refractivity contribution in [3.05, 3.63) is 0 Å². The van der Waals surface area contributed by atoms with Crippen molar-refractivity contribution in [2.75, 3.05) is 24.6 Å². The maximum atomic E-state index is 11.9. The van der Waals surface area contributed by atoms with Crippen LogP contribution in [-0.2, 0) is 9.59 Å². The summed E-state index contributed by atoms with van der Waals surface area (Å²) in [6.07, 6.45) is 0.906. The Morgan fingerprint density at radius 3 is 2.76 bits per heavy atom. The normalized spacial score (nSPS) is 22.5. The molecule has 2 amide bonds. The molecule has 1 aliphatic heterocycles. The second kappa shape index (κ2) is 6.89. The summed E-state index contributed by atoms with van der Waals surface area (Å²) in [7, 11) is 0. The van der Waals surface area contributed by atoms with Crippen LogP contribution in [0.5, 0.6) is 0 Å². The van der Waals surface area contributed by atoms with Gasteiger partial charge < -0.3 is 10.2 Å². The topological polar surface area (TPSA) is 49.4 Å². The summed E-state index contributed by atoms with van der Waals surface area (Å²) in [6, 6.07) is -0.279. The summed E-state index contributed by atoms with van der Waals surface area (Å²) in [6.45, 7) is 7.02. The van der Waals surface area contributed by atoms with Crippen LogP contribution in [-0.4, -0.2) is 47.4 Å². The molecule has 0 aromatic heterocycles. The monoisotopic (exact) mass is 258 g/mol. The van der Waals surface area contributed by atoms with E-state index in [1.165, 1.54) is 0 Å². The van der Waals surface area contributed by atoms with E-state index in [0.717, 1.165) is 17.9 Å². The van der Waals surface area contributed by atoms with Gasteiger partial charge in [0.25, 0.3) is 0 Å². The molecule has 1 aliphatic rings. The van der Waals surface area contributed by atoms with Crippen LogP contribution in [0.1, 0.15) is 27.2 Å². The van der Waals surface area contributed by atoms with Gasteiger partial charge in [0.15, 0.2) is 0 Å². The molecule has 0 radical (unpaired) electrons. The quantitative estimate of drug-likeness (QED) is 0.726. The average Bonchev–Trinajstić information content (AvgIpc) is 2.33. The number of nitrogens with zero attached hydrogens (tertiary/aromatic N) is 1. The van der Waals surface area contributed by atoms with Gasteiger partial charge in [-0.1, -0.05) is 27.2 Å². The molecule has 5 heteroatoms. The zero-order valence-electron chi connectivity index (χ0n) is 10.9. The van der Waals surface area contributed by atoms with Crippen molar-refractivity contribution >= 4 is 23.6 Å². The molecule has 0 spiro atoms. The largest absolute Gasteiger partial charge is 0.345 e. The molecule has 0 saturated carbocycles. The van der Waals surface area contributed by atoms with Gasteiger partial charge in [0.05, 0.1) is 6.54 Å². The Bertz CT molecular complexity index is 284. The van der Waals surface area contributed by atoms with E-state index in [1.807, 2.05) is 6.92 Å². The van der Waals surface area contributed by atoms with Crippen LogP contribution in [0.25, 0.3) is 0 Å². The third-order valence-corrected chi connectivity index (χ3v) is 4.08. The zero-order valence-corrected chi connectivity index (χ0v) is 11.7. The Kier molecular flexibility index (Phi) is 5.82. The second-order valence-electron chi connectivity index (χ2n) is 4.33. The highest BCUT2D eigenvalue weighted by atomic mass is 32.2. The number of rotatable bonds is 6. The molecule has 1 fully saturated rings. The van der Waals surface area contributed by atoms with Crippen molar-refractivity contribution in [2.24, 2.45) is 5.92 Å². The molecule has 0 aromatic rings. The zero-order chi connectivity index (χ0) is 12.8. The molecular formula is C12H22N2O2S. The Morgan fingerprint density at radius 1 is 1.47 bits per heavy atom. The molecule has 4 nitrogen and oxygen atoms in total. The van der Waals surface area contributed by atoms with Gasteiger partial charge in [-0.3, -0.25) is 9.59 Å². The average molecular weight is 258 g/mol. The first-order chi connectivity index (χ1) is 8.11. The minimum Gasteiger partial charge on any atom is -0.345 e. The van der Waals surface area contributed by atoms with E-state index < -0.39 is 0 Å². The fourth-order valence-corrected chi connectivity index (χ4v) is 2.64. The fraction of sp³-hybridized carbons (Fsp3) is 0.833. The molecule has 0 bridgehead atoms. The van der Waals surface area contributed by atoms with Crippen molar-refractivity contribution in [3.63, 3.8) is 0 Å². The van der Waals surface area contributed by atoms with E-state index in [2.05, 4.69) is 19.2 Å². The second-order valence-corrected chi connectivity index (χ2v) is 5.73. The van der Waals surface area contributed by atoms with E-state index in [4.69, 9.17) is 0 Å². The van der Waals surface area contributed by atoms with Crippen molar-refractivity contribution in [1.82, 2.24) is 10.2 Å². The number of hydrogen-bond donors (Lipinski definition) is 1. The minimum absolute atomic E-state index is 0.000415. The Hall–Kier alpha value is -0.710. The predicted octanol–water partition coefficient (Wildman–Crippen LogP) is 1.11. The van der Waals surface area contributed by atoms with Crippen LogP contribution < -0.4 is 5.32 Å². The summed E-state index contributed by atoms with van der Waals surface area (Å²) in [4.78, 5) is 25.5. The highest BCUT2D eigenvalue weighted by molar-refractivity contribution is 7.99. The van der Waals surface area contributed by atoms with Crippen LogP contribution in [0.15, 0.2) is 0 Å². The highest BCUT2D eigenvalue weighted by Gasteiger charge is 2.36. The van der Waals surface area contributed by atoms with Gasteiger partial charge in [-0.25, -0.2) is 0 Å². The summed E-state index contributed by atoms with van der Waals surface area (Å²) in [5.41, 5.74) is 0. The lowest BCUT2D eigenvalue weighted by atomic mass is 9.95.